The summed E-state index contributed by atoms with van der Waals surface area (Å²) in [6, 6.07) is 4.59. The topological polar surface area (TPSA) is 55.2 Å². The highest BCUT2D eigenvalue weighted by Crippen LogP contribution is 2.37. The summed E-state index contributed by atoms with van der Waals surface area (Å²) in [6.45, 7) is 0.317. The van der Waals surface area contributed by atoms with Gasteiger partial charge in [-0.25, -0.2) is 0 Å². The highest BCUT2D eigenvalue weighted by Gasteiger charge is 2.35. The van der Waals surface area contributed by atoms with E-state index in [-0.39, 0.29) is 5.69 Å². The largest absolute Gasteiger partial charge is 0.418 e. The van der Waals surface area contributed by atoms with Crippen LogP contribution in [0.25, 0.3) is 0 Å². The van der Waals surface area contributed by atoms with Gasteiger partial charge in [0.2, 0.25) is 0 Å². The Labute approximate surface area is 122 Å². The molecule has 0 spiro atoms. The lowest BCUT2D eigenvalue weighted by atomic mass is 10.1. The summed E-state index contributed by atoms with van der Waals surface area (Å²) in [5, 5.41) is 17.1. The summed E-state index contributed by atoms with van der Waals surface area (Å²) >= 11 is 1.52. The molecule has 1 aromatic heterocycles. The van der Waals surface area contributed by atoms with Crippen LogP contribution in [0.3, 0.4) is 0 Å². The standard InChI is InChI=1S/C13H11F3N2O2S/c14-13(15,16)11-7-10(18(19)20)1-2-12(11)17-5-3-9-4-6-21-8-9/h1-2,4,6-8,17H,3,5H2. The number of nitro benzene ring substituents is 1. The molecule has 2 aromatic rings. The molecule has 1 aromatic carbocycles. The number of nitrogens with one attached hydrogen (secondary N) is 1. The van der Waals surface area contributed by atoms with E-state index in [4.69, 9.17) is 0 Å². The smallest absolute Gasteiger partial charge is 0.384 e. The molecule has 0 aliphatic heterocycles. The summed E-state index contributed by atoms with van der Waals surface area (Å²) in [4.78, 5) is 9.74. The number of benzene rings is 1. The van der Waals surface area contributed by atoms with Crippen molar-refractivity contribution in [2.75, 3.05) is 11.9 Å². The summed E-state index contributed by atoms with van der Waals surface area (Å²) in [5.74, 6) is 0. The first-order valence-electron chi connectivity index (χ1n) is 5.98. The monoisotopic (exact) mass is 316 g/mol. The van der Waals surface area contributed by atoms with Crippen molar-refractivity contribution in [1.82, 2.24) is 0 Å². The minimum absolute atomic E-state index is 0.150. The van der Waals surface area contributed by atoms with Crippen LogP contribution in [-0.4, -0.2) is 11.5 Å². The molecule has 112 valence electrons. The second-order valence-corrected chi connectivity index (χ2v) is 5.07. The van der Waals surface area contributed by atoms with Crippen molar-refractivity contribution in [1.29, 1.82) is 0 Å². The van der Waals surface area contributed by atoms with E-state index in [1.165, 1.54) is 11.3 Å². The predicted octanol–water partition coefficient (Wildman–Crippen LogP) is 4.33. The van der Waals surface area contributed by atoms with E-state index in [2.05, 4.69) is 5.32 Å². The van der Waals surface area contributed by atoms with E-state index in [9.17, 15) is 23.3 Å². The van der Waals surface area contributed by atoms with E-state index in [1.807, 2.05) is 16.8 Å². The van der Waals surface area contributed by atoms with E-state index in [0.29, 0.717) is 19.0 Å². The van der Waals surface area contributed by atoms with Gasteiger partial charge in [-0.1, -0.05) is 0 Å². The number of non-ortho nitro benzene ring substituents is 1. The molecule has 0 aliphatic carbocycles. The van der Waals surface area contributed by atoms with Gasteiger partial charge in [-0.2, -0.15) is 24.5 Å². The number of thiophene rings is 1. The molecule has 0 bridgehead atoms. The zero-order valence-electron chi connectivity index (χ0n) is 10.7. The van der Waals surface area contributed by atoms with Crippen molar-refractivity contribution in [3.63, 3.8) is 0 Å². The van der Waals surface area contributed by atoms with Crippen LogP contribution in [0.1, 0.15) is 11.1 Å². The van der Waals surface area contributed by atoms with Crippen LogP contribution in [-0.2, 0) is 12.6 Å². The number of hydrogen-bond donors (Lipinski definition) is 1. The van der Waals surface area contributed by atoms with Crippen molar-refractivity contribution >= 4 is 22.7 Å². The minimum Gasteiger partial charge on any atom is -0.384 e. The number of anilines is 1. The Kier molecular flexibility index (Phi) is 4.46. The third kappa shape index (κ3) is 3.94. The summed E-state index contributed by atoms with van der Waals surface area (Å²) in [6.07, 6.45) is -4.06. The van der Waals surface area contributed by atoms with Crippen LogP contribution in [0.2, 0.25) is 0 Å². The zero-order valence-corrected chi connectivity index (χ0v) is 11.5. The first-order chi connectivity index (χ1) is 9.88. The van der Waals surface area contributed by atoms with Crippen LogP contribution in [0, 0.1) is 10.1 Å². The average molecular weight is 316 g/mol. The Morgan fingerprint density at radius 2 is 2.05 bits per heavy atom. The number of rotatable bonds is 5. The lowest BCUT2D eigenvalue weighted by Gasteiger charge is -2.14. The summed E-state index contributed by atoms with van der Waals surface area (Å²) in [5.41, 5.74) is -0.723. The van der Waals surface area contributed by atoms with Crippen molar-refractivity contribution in [3.05, 3.63) is 56.3 Å². The lowest BCUT2D eigenvalue weighted by molar-refractivity contribution is -0.385. The molecule has 0 unspecified atom stereocenters. The van der Waals surface area contributed by atoms with Gasteiger partial charge in [-0.3, -0.25) is 10.1 Å². The quantitative estimate of drug-likeness (QED) is 0.660. The molecule has 0 fully saturated rings. The molecule has 0 atom stereocenters. The summed E-state index contributed by atoms with van der Waals surface area (Å²) < 4.78 is 38.8. The second kappa shape index (κ2) is 6.13. The number of nitro groups is 1. The molecule has 21 heavy (non-hydrogen) atoms. The van der Waals surface area contributed by atoms with Gasteiger partial charge in [0.25, 0.3) is 5.69 Å². The second-order valence-electron chi connectivity index (χ2n) is 4.29. The molecule has 1 heterocycles. The fraction of sp³-hybridized carbons (Fsp3) is 0.231. The molecular formula is C13H11F3N2O2S. The first kappa shape index (κ1) is 15.3. The molecule has 0 saturated heterocycles. The van der Waals surface area contributed by atoms with Crippen LogP contribution in [0.15, 0.2) is 35.0 Å². The number of nitrogens with zero attached hydrogens (tertiary/aromatic N) is 1. The summed E-state index contributed by atoms with van der Waals surface area (Å²) in [7, 11) is 0. The van der Waals surface area contributed by atoms with E-state index < -0.39 is 22.4 Å². The third-order valence-corrected chi connectivity index (χ3v) is 3.56. The van der Waals surface area contributed by atoms with Crippen LogP contribution in [0.5, 0.6) is 0 Å². The Balaban J connectivity index is 2.16. The maximum atomic E-state index is 12.9. The Morgan fingerprint density at radius 1 is 1.29 bits per heavy atom. The lowest BCUT2D eigenvalue weighted by Crippen LogP contribution is -2.13. The molecule has 0 radical (unpaired) electrons. The van der Waals surface area contributed by atoms with Crippen molar-refractivity contribution in [2.24, 2.45) is 0 Å². The van der Waals surface area contributed by atoms with E-state index in [0.717, 1.165) is 17.7 Å². The Bertz CT molecular complexity index is 627. The van der Waals surface area contributed by atoms with Gasteiger partial charge in [0.15, 0.2) is 0 Å². The molecule has 0 saturated carbocycles. The van der Waals surface area contributed by atoms with Gasteiger partial charge >= 0.3 is 6.18 Å². The molecule has 0 aliphatic rings. The molecule has 1 N–H and O–H groups in total. The highest BCUT2D eigenvalue weighted by atomic mass is 32.1. The highest BCUT2D eigenvalue weighted by molar-refractivity contribution is 7.07. The van der Waals surface area contributed by atoms with Crippen molar-refractivity contribution < 1.29 is 18.1 Å². The fourth-order valence-electron chi connectivity index (χ4n) is 1.81. The molecule has 0 amide bonds. The zero-order chi connectivity index (χ0) is 15.5. The van der Waals surface area contributed by atoms with Crippen molar-refractivity contribution in [2.45, 2.75) is 12.6 Å². The van der Waals surface area contributed by atoms with Gasteiger partial charge < -0.3 is 5.32 Å². The van der Waals surface area contributed by atoms with Crippen LogP contribution in [0.4, 0.5) is 24.5 Å². The van der Waals surface area contributed by atoms with Gasteiger partial charge in [-0.15, -0.1) is 0 Å². The van der Waals surface area contributed by atoms with Gasteiger partial charge in [-0.05, 0) is 34.9 Å². The van der Waals surface area contributed by atoms with Crippen LogP contribution >= 0.6 is 11.3 Å². The van der Waals surface area contributed by atoms with Gasteiger partial charge in [0.05, 0.1) is 10.5 Å². The number of halogens is 3. The minimum atomic E-state index is -4.64. The molecule has 8 heteroatoms. The van der Waals surface area contributed by atoms with Crippen LogP contribution < -0.4 is 5.32 Å². The fourth-order valence-corrected chi connectivity index (χ4v) is 2.51. The SMILES string of the molecule is O=[N+]([O-])c1ccc(NCCc2ccsc2)c(C(F)(F)F)c1. The van der Waals surface area contributed by atoms with Crippen molar-refractivity contribution in [3.8, 4) is 0 Å². The molecule has 2 rings (SSSR count). The Morgan fingerprint density at radius 3 is 2.62 bits per heavy atom. The third-order valence-electron chi connectivity index (χ3n) is 2.83. The van der Waals surface area contributed by atoms with Gasteiger partial charge in [0.1, 0.15) is 0 Å². The van der Waals surface area contributed by atoms with E-state index in [1.54, 1.807) is 0 Å². The average Bonchev–Trinajstić information content (AvgIpc) is 2.90. The maximum Gasteiger partial charge on any atom is 0.418 e. The van der Waals surface area contributed by atoms with E-state index >= 15 is 0 Å². The number of alkyl halides is 3. The number of hydrogen-bond acceptors (Lipinski definition) is 4. The maximum absolute atomic E-state index is 12.9. The molecular weight excluding hydrogens is 305 g/mol. The van der Waals surface area contributed by atoms with Gasteiger partial charge in [0, 0.05) is 24.4 Å². The normalized spacial score (nSPS) is 11.4. The molecule has 4 nitrogen and oxygen atoms in total. The Hall–Kier alpha value is -2.09. The first-order valence-corrected chi connectivity index (χ1v) is 6.93. The predicted molar refractivity (Wildman–Crippen MR) is 74.6 cm³/mol.